The van der Waals surface area contributed by atoms with Crippen LogP contribution in [0.4, 0.5) is 0 Å². The Hall–Kier alpha value is -2.69. The second-order valence-corrected chi connectivity index (χ2v) is 11.7. The molecule has 2 saturated carbocycles. The Labute approximate surface area is 240 Å². The van der Waals surface area contributed by atoms with Crippen molar-refractivity contribution in [1.82, 2.24) is 5.32 Å². The maximum atomic E-state index is 12.0. The van der Waals surface area contributed by atoms with Gasteiger partial charge in [0.25, 0.3) is 5.91 Å². The number of benzene rings is 2. The van der Waals surface area contributed by atoms with Crippen LogP contribution >= 0.6 is 0 Å². The summed E-state index contributed by atoms with van der Waals surface area (Å²) in [4.78, 5) is 12.0. The number of rotatable bonds is 6. The van der Waals surface area contributed by atoms with Crippen LogP contribution in [0.15, 0.2) is 48.5 Å². The van der Waals surface area contributed by atoms with Crippen molar-refractivity contribution in [3.8, 4) is 16.9 Å². The fourth-order valence-electron chi connectivity index (χ4n) is 6.31. The molecule has 2 aromatic rings. The number of hydrogen-bond donors (Lipinski definition) is 9. The Bertz CT molecular complexity index is 1330. The summed E-state index contributed by atoms with van der Waals surface area (Å²) in [6, 6.07) is 13.7. The molecule has 2 saturated heterocycles. The molecule has 1 amide bonds. The molecule has 13 nitrogen and oxygen atoms in total. The monoisotopic (exact) mass is 589 g/mol. The van der Waals surface area contributed by atoms with Crippen molar-refractivity contribution < 1.29 is 59.9 Å². The molecular formula is C29H35NO12. The van der Waals surface area contributed by atoms with E-state index in [9.17, 15) is 45.6 Å². The van der Waals surface area contributed by atoms with E-state index in [0.29, 0.717) is 5.56 Å². The van der Waals surface area contributed by atoms with Crippen LogP contribution in [0, 0.1) is 5.92 Å². The third kappa shape index (κ3) is 4.61. The van der Waals surface area contributed by atoms with Gasteiger partial charge in [-0.1, -0.05) is 24.3 Å². The highest BCUT2D eigenvalue weighted by Gasteiger charge is 2.72. The third-order valence-electron chi connectivity index (χ3n) is 9.10. The van der Waals surface area contributed by atoms with Crippen molar-refractivity contribution >= 4 is 5.91 Å². The molecule has 0 aromatic heterocycles. The number of aliphatic hydroxyl groups is 8. The molecule has 42 heavy (non-hydrogen) atoms. The number of aliphatic hydroxyl groups excluding tert-OH is 8. The van der Waals surface area contributed by atoms with Gasteiger partial charge in [-0.3, -0.25) is 4.79 Å². The van der Waals surface area contributed by atoms with Gasteiger partial charge in [0.15, 0.2) is 0 Å². The predicted octanol–water partition coefficient (Wildman–Crippen LogP) is -2.36. The number of hydrogen-bond acceptors (Lipinski definition) is 12. The van der Waals surface area contributed by atoms with E-state index in [1.807, 2.05) is 6.07 Å². The molecule has 2 aromatic carbocycles. The standard InChI is InChI=1S/C29H35NO12/c1-30-26(39)14-4-2-3-13(9-14)12-5-7-15(8-6-12)40-27-20(34)18(24(37)28(42-27)10-16(28)31)19(33)23-21(35)22(36)25(38)29(41-23)11-17(29)32/h2-9,16-25,27,31-38H,10-11H2,1H3,(H,30,39)/t16-,17?,18-,19-,20+,21+,22-,23-,24+,25+,27+,28?,29?/m1/s1. The first-order valence-electron chi connectivity index (χ1n) is 13.8. The second kappa shape index (κ2) is 10.5. The molecule has 0 bridgehead atoms. The quantitative estimate of drug-likeness (QED) is 0.173. The molecular weight excluding hydrogens is 554 g/mol. The van der Waals surface area contributed by atoms with Crippen LogP contribution in [-0.2, 0) is 9.47 Å². The molecule has 0 radical (unpaired) electrons. The van der Waals surface area contributed by atoms with E-state index in [1.54, 1.807) is 49.5 Å². The lowest BCUT2D eigenvalue weighted by atomic mass is 9.78. The van der Waals surface area contributed by atoms with Gasteiger partial charge in [-0.2, -0.15) is 0 Å². The highest BCUT2D eigenvalue weighted by atomic mass is 16.7. The lowest BCUT2D eigenvalue weighted by molar-refractivity contribution is -0.312. The Kier molecular flexibility index (Phi) is 7.34. The normalized spacial score (nSPS) is 43.2. The van der Waals surface area contributed by atoms with Crippen molar-refractivity contribution in [2.75, 3.05) is 7.05 Å². The van der Waals surface area contributed by atoms with Crippen molar-refractivity contribution in [2.45, 2.75) is 85.3 Å². The van der Waals surface area contributed by atoms with Gasteiger partial charge in [-0.05, 0) is 35.4 Å². The van der Waals surface area contributed by atoms with Crippen LogP contribution in [0.5, 0.6) is 5.75 Å². The highest BCUT2D eigenvalue weighted by molar-refractivity contribution is 5.95. The number of ether oxygens (including phenoxy) is 3. The van der Waals surface area contributed by atoms with Crippen molar-refractivity contribution in [3.63, 3.8) is 0 Å². The molecule has 2 aliphatic heterocycles. The lowest BCUT2D eigenvalue weighted by Crippen LogP contribution is -2.68. The van der Waals surface area contributed by atoms with Crippen LogP contribution in [0.3, 0.4) is 0 Å². The zero-order chi connectivity index (χ0) is 30.1. The Morgan fingerprint density at radius 2 is 1.48 bits per heavy atom. The summed E-state index contributed by atoms with van der Waals surface area (Å²) in [6.07, 6.45) is -15.7. The topological polar surface area (TPSA) is 219 Å². The zero-order valence-electron chi connectivity index (χ0n) is 22.6. The molecule has 3 unspecified atom stereocenters. The number of carbonyl (C=O) groups is 1. The van der Waals surface area contributed by atoms with E-state index in [1.165, 1.54) is 0 Å². The zero-order valence-corrected chi connectivity index (χ0v) is 22.6. The maximum absolute atomic E-state index is 12.0. The maximum Gasteiger partial charge on any atom is 0.251 e. The fourth-order valence-corrected chi connectivity index (χ4v) is 6.31. The van der Waals surface area contributed by atoms with Crippen molar-refractivity contribution in [1.29, 1.82) is 0 Å². The van der Waals surface area contributed by atoms with Crippen molar-refractivity contribution in [3.05, 3.63) is 54.1 Å². The summed E-state index contributed by atoms with van der Waals surface area (Å²) >= 11 is 0. The Morgan fingerprint density at radius 1 is 0.857 bits per heavy atom. The molecule has 13 heteroatoms. The minimum Gasteiger partial charge on any atom is -0.462 e. The molecule has 13 atom stereocenters. The van der Waals surface area contributed by atoms with Gasteiger partial charge in [0.1, 0.15) is 47.5 Å². The minimum atomic E-state index is -1.83. The largest absolute Gasteiger partial charge is 0.462 e. The average Bonchev–Trinajstić information content (AvgIpc) is 3.86. The number of amides is 1. The minimum absolute atomic E-state index is 0.0113. The first-order valence-corrected chi connectivity index (χ1v) is 13.8. The van der Waals surface area contributed by atoms with Crippen LogP contribution in [0.25, 0.3) is 11.1 Å². The van der Waals surface area contributed by atoms with Crippen LogP contribution in [-0.4, -0.2) is 126 Å². The van der Waals surface area contributed by atoms with Gasteiger partial charge in [-0.15, -0.1) is 0 Å². The molecule has 228 valence electrons. The summed E-state index contributed by atoms with van der Waals surface area (Å²) in [5.41, 5.74) is -1.12. The van der Waals surface area contributed by atoms with E-state index >= 15 is 0 Å². The summed E-state index contributed by atoms with van der Waals surface area (Å²) in [7, 11) is 1.54. The fraction of sp³-hybridized carbons (Fsp3) is 0.552. The smallest absolute Gasteiger partial charge is 0.251 e. The summed E-state index contributed by atoms with van der Waals surface area (Å²) < 4.78 is 17.5. The molecule has 9 N–H and O–H groups in total. The molecule has 2 heterocycles. The molecule has 2 aliphatic carbocycles. The number of carbonyl (C=O) groups excluding carboxylic acids is 1. The number of nitrogens with one attached hydrogen (secondary N) is 1. The highest BCUT2D eigenvalue weighted by Crippen LogP contribution is 2.54. The summed E-state index contributed by atoms with van der Waals surface area (Å²) in [5.74, 6) is -1.45. The van der Waals surface area contributed by atoms with E-state index in [0.717, 1.165) is 11.1 Å². The summed E-state index contributed by atoms with van der Waals surface area (Å²) in [5, 5.41) is 88.1. The lowest BCUT2D eigenvalue weighted by Gasteiger charge is -2.49. The second-order valence-electron chi connectivity index (χ2n) is 11.7. The van der Waals surface area contributed by atoms with E-state index in [2.05, 4.69) is 5.32 Å². The van der Waals surface area contributed by atoms with Crippen LogP contribution in [0.2, 0.25) is 0 Å². The molecule has 2 spiro atoms. The van der Waals surface area contributed by atoms with Crippen LogP contribution in [0.1, 0.15) is 23.2 Å². The van der Waals surface area contributed by atoms with Gasteiger partial charge < -0.3 is 60.4 Å². The van der Waals surface area contributed by atoms with Gasteiger partial charge in [0.05, 0.1) is 24.4 Å². The predicted molar refractivity (Wildman–Crippen MR) is 142 cm³/mol. The van der Waals surface area contributed by atoms with E-state index in [-0.39, 0.29) is 24.5 Å². The Morgan fingerprint density at radius 3 is 2.07 bits per heavy atom. The van der Waals surface area contributed by atoms with Crippen LogP contribution < -0.4 is 10.1 Å². The Balaban J connectivity index is 1.22. The molecule has 4 aliphatic rings. The van der Waals surface area contributed by atoms with Crippen molar-refractivity contribution in [2.24, 2.45) is 5.92 Å². The van der Waals surface area contributed by atoms with Gasteiger partial charge in [-0.25, -0.2) is 0 Å². The van der Waals surface area contributed by atoms with Gasteiger partial charge in [0, 0.05) is 31.4 Å². The first-order chi connectivity index (χ1) is 19.9. The summed E-state index contributed by atoms with van der Waals surface area (Å²) in [6.45, 7) is 0. The third-order valence-corrected chi connectivity index (χ3v) is 9.10. The van der Waals surface area contributed by atoms with Gasteiger partial charge in [0.2, 0.25) is 6.29 Å². The van der Waals surface area contributed by atoms with E-state index in [4.69, 9.17) is 14.2 Å². The molecule has 6 rings (SSSR count). The average molecular weight is 590 g/mol. The van der Waals surface area contributed by atoms with Gasteiger partial charge >= 0.3 is 0 Å². The molecule has 4 fully saturated rings. The van der Waals surface area contributed by atoms with E-state index < -0.39 is 78.3 Å². The first kappa shape index (κ1) is 29.4. The SMILES string of the molecule is CNC(=O)c1cccc(-c2ccc(O[C@H]3OC4(C[C@H]4O)[C@@H](O)[C@H]([C@@H](O)[C@H]4OC5(CC5O)[C@@H](O)[C@H](O)[C@@H]4O)[C@@H]3O)cc2)c1.